The molecular formula is C38H52O5. The van der Waals surface area contributed by atoms with E-state index in [2.05, 4.69) is 48.5 Å². The number of benzene rings is 1. The lowest BCUT2D eigenvalue weighted by molar-refractivity contribution is -0.162. The number of hydrogen-bond acceptors (Lipinski definition) is 5. The number of fused-ring (bicyclic) bond motifs is 2. The topological polar surface area (TPSA) is 69.7 Å². The van der Waals surface area contributed by atoms with E-state index in [4.69, 9.17) is 9.47 Å². The molecule has 0 bridgehead atoms. The first-order chi connectivity index (χ1) is 20.3. The predicted molar refractivity (Wildman–Crippen MR) is 169 cm³/mol. The minimum Gasteiger partial charge on any atom is -0.469 e. The summed E-state index contributed by atoms with van der Waals surface area (Å²) in [6.07, 6.45) is 7.18. The lowest BCUT2D eigenvalue weighted by Gasteiger charge is -2.57. The van der Waals surface area contributed by atoms with E-state index in [-0.39, 0.29) is 52.4 Å². The number of methoxy groups -OCH3 is 1. The molecule has 7 atom stereocenters. The standard InChI is InChI=1S/C38H52O5/c1-23-16-20-38(35(41)42-8)21-17-25(3)32(33(38)26(23)4)29(39)22-28-24(2)14-15-30-36(5,6)31(18-19-37(28,30)7)43-34(40)27-12-10-9-11-13-27/h9-13,23,26,30-31,33H,14-22H2,1-8H3/t23-,26+,30+,31+,33+,37-,38+/m1/s1. The maximum absolute atomic E-state index is 14.6. The molecule has 0 aliphatic heterocycles. The highest BCUT2D eigenvalue weighted by Crippen LogP contribution is 2.62. The van der Waals surface area contributed by atoms with E-state index in [1.165, 1.54) is 18.3 Å². The van der Waals surface area contributed by atoms with Crippen LogP contribution in [0.5, 0.6) is 0 Å². The highest BCUT2D eigenvalue weighted by molar-refractivity contribution is 6.00. The normalized spacial score (nSPS) is 35.5. The van der Waals surface area contributed by atoms with Gasteiger partial charge in [-0.2, -0.15) is 0 Å². The summed E-state index contributed by atoms with van der Waals surface area (Å²) in [7, 11) is 1.50. The van der Waals surface area contributed by atoms with Crippen molar-refractivity contribution in [2.45, 2.75) is 112 Å². The third kappa shape index (κ3) is 5.23. The highest BCUT2D eigenvalue weighted by atomic mass is 16.5. The van der Waals surface area contributed by atoms with Gasteiger partial charge in [-0.1, -0.05) is 69.5 Å². The van der Waals surface area contributed by atoms with E-state index in [1.807, 2.05) is 30.3 Å². The number of carbonyl (C=O) groups is 3. The summed E-state index contributed by atoms with van der Waals surface area (Å²) in [6.45, 7) is 15.7. The van der Waals surface area contributed by atoms with Gasteiger partial charge < -0.3 is 9.47 Å². The van der Waals surface area contributed by atoms with Crippen LogP contribution >= 0.6 is 0 Å². The molecule has 2 fully saturated rings. The van der Waals surface area contributed by atoms with Gasteiger partial charge in [0.1, 0.15) is 6.10 Å². The fraction of sp³-hybridized carbons (Fsp3) is 0.658. The molecule has 0 heterocycles. The summed E-state index contributed by atoms with van der Waals surface area (Å²) in [5, 5.41) is 0. The van der Waals surface area contributed by atoms with Crippen LogP contribution in [0, 0.1) is 39.9 Å². The first-order valence-corrected chi connectivity index (χ1v) is 16.5. The smallest absolute Gasteiger partial charge is 0.338 e. The van der Waals surface area contributed by atoms with Crippen molar-refractivity contribution in [1.82, 2.24) is 0 Å². The van der Waals surface area contributed by atoms with E-state index in [0.717, 1.165) is 62.5 Å². The van der Waals surface area contributed by atoms with E-state index in [9.17, 15) is 14.4 Å². The van der Waals surface area contributed by atoms with Crippen LogP contribution in [0.3, 0.4) is 0 Å². The fourth-order valence-electron chi connectivity index (χ4n) is 9.98. The lowest BCUT2D eigenvalue weighted by Crippen LogP contribution is -2.54. The molecule has 5 rings (SSSR count). The van der Waals surface area contributed by atoms with Crippen LogP contribution in [0.2, 0.25) is 0 Å². The Balaban J connectivity index is 1.43. The molecule has 0 amide bonds. The second kappa shape index (κ2) is 11.7. The van der Waals surface area contributed by atoms with Crippen LogP contribution < -0.4 is 0 Å². The number of carbonyl (C=O) groups excluding carboxylic acids is 3. The van der Waals surface area contributed by atoms with Gasteiger partial charge in [0.05, 0.1) is 18.1 Å². The molecule has 1 aromatic carbocycles. The first-order valence-electron chi connectivity index (χ1n) is 16.5. The van der Waals surface area contributed by atoms with Gasteiger partial charge in [-0.25, -0.2) is 4.79 Å². The Morgan fingerprint density at radius 2 is 1.58 bits per heavy atom. The molecule has 0 aromatic heterocycles. The Kier molecular flexibility index (Phi) is 8.61. The number of Topliss-reactive ketones (excluding diaryl/α,β-unsaturated/α-hetero) is 1. The molecule has 4 aliphatic rings. The molecule has 0 radical (unpaired) electrons. The summed E-state index contributed by atoms with van der Waals surface area (Å²) < 4.78 is 11.6. The van der Waals surface area contributed by atoms with E-state index >= 15 is 0 Å². The Bertz CT molecular complexity index is 1340. The number of ketones is 1. The summed E-state index contributed by atoms with van der Waals surface area (Å²) in [5.74, 6) is 0.678. The first kappa shape index (κ1) is 31.7. The maximum Gasteiger partial charge on any atom is 0.338 e. The zero-order chi connectivity index (χ0) is 31.3. The molecule has 1 aromatic rings. The van der Waals surface area contributed by atoms with Crippen molar-refractivity contribution < 1.29 is 23.9 Å². The number of rotatable bonds is 6. The van der Waals surface area contributed by atoms with Crippen molar-refractivity contribution in [3.63, 3.8) is 0 Å². The van der Waals surface area contributed by atoms with Gasteiger partial charge in [0.2, 0.25) is 0 Å². The van der Waals surface area contributed by atoms with Crippen molar-refractivity contribution in [1.29, 1.82) is 0 Å². The van der Waals surface area contributed by atoms with Crippen molar-refractivity contribution in [3.05, 3.63) is 58.2 Å². The van der Waals surface area contributed by atoms with Crippen LogP contribution in [0.15, 0.2) is 52.6 Å². The molecule has 0 N–H and O–H groups in total. The van der Waals surface area contributed by atoms with Gasteiger partial charge in [-0.05, 0) is 106 Å². The summed E-state index contributed by atoms with van der Waals surface area (Å²) in [6, 6.07) is 9.26. The Morgan fingerprint density at radius 1 is 0.884 bits per heavy atom. The van der Waals surface area contributed by atoms with Gasteiger partial charge in [0.25, 0.3) is 0 Å². The van der Waals surface area contributed by atoms with Crippen LogP contribution in [-0.4, -0.2) is 30.9 Å². The number of allylic oxidation sites excluding steroid dienone is 4. The van der Waals surface area contributed by atoms with Crippen LogP contribution in [-0.2, 0) is 19.1 Å². The lowest BCUT2D eigenvalue weighted by atomic mass is 9.48. The van der Waals surface area contributed by atoms with Gasteiger partial charge in [-0.3, -0.25) is 9.59 Å². The average Bonchev–Trinajstić information content (AvgIpc) is 2.98. The van der Waals surface area contributed by atoms with E-state index in [0.29, 0.717) is 17.9 Å². The third-order valence-electron chi connectivity index (χ3n) is 12.7. The van der Waals surface area contributed by atoms with Gasteiger partial charge in [-0.15, -0.1) is 0 Å². The molecule has 0 saturated heterocycles. The number of hydrogen-bond donors (Lipinski definition) is 0. The number of esters is 2. The molecule has 5 heteroatoms. The third-order valence-corrected chi connectivity index (χ3v) is 12.7. The Morgan fingerprint density at radius 3 is 2.26 bits per heavy atom. The second-order valence-electron chi connectivity index (χ2n) is 15.2. The Hall–Kier alpha value is -2.69. The predicted octanol–water partition coefficient (Wildman–Crippen LogP) is 8.68. The minimum atomic E-state index is -0.601. The molecule has 2 saturated carbocycles. The SMILES string of the molecule is COC(=O)[C@@]12CCC(C)=C(C(=O)CC3=C(C)CC[C@H]4C(C)(C)[C@@H](OC(=O)c5ccccc5)CC[C@]34C)[C@@H]1[C@@H](C)[C@H](C)CC2. The molecule has 234 valence electrons. The molecule has 5 nitrogen and oxygen atoms in total. The van der Waals surface area contributed by atoms with Crippen molar-refractivity contribution >= 4 is 17.7 Å². The average molecular weight is 589 g/mol. The van der Waals surface area contributed by atoms with Gasteiger partial charge >= 0.3 is 11.9 Å². The monoisotopic (exact) mass is 588 g/mol. The van der Waals surface area contributed by atoms with Crippen molar-refractivity contribution in [3.8, 4) is 0 Å². The fourth-order valence-corrected chi connectivity index (χ4v) is 9.98. The van der Waals surface area contributed by atoms with Gasteiger partial charge in [0, 0.05) is 17.8 Å². The largest absolute Gasteiger partial charge is 0.469 e. The van der Waals surface area contributed by atoms with Crippen LogP contribution in [0.25, 0.3) is 0 Å². The molecule has 0 unspecified atom stereocenters. The molecule has 0 spiro atoms. The Labute approximate surface area is 258 Å². The van der Waals surface area contributed by atoms with Gasteiger partial charge in [0.15, 0.2) is 5.78 Å². The zero-order valence-electron chi connectivity index (χ0n) is 27.7. The molecular weight excluding hydrogens is 536 g/mol. The highest BCUT2D eigenvalue weighted by Gasteiger charge is 2.58. The van der Waals surface area contributed by atoms with E-state index < -0.39 is 5.41 Å². The molecule has 43 heavy (non-hydrogen) atoms. The zero-order valence-corrected chi connectivity index (χ0v) is 27.7. The van der Waals surface area contributed by atoms with E-state index in [1.54, 1.807) is 0 Å². The summed E-state index contributed by atoms with van der Waals surface area (Å²) in [5.41, 5.74) is 4.28. The van der Waals surface area contributed by atoms with Crippen molar-refractivity contribution in [2.24, 2.45) is 39.9 Å². The minimum absolute atomic E-state index is 0.0948. The number of ether oxygens (including phenoxy) is 2. The molecule has 4 aliphatic carbocycles. The van der Waals surface area contributed by atoms with Crippen LogP contribution in [0.1, 0.15) is 117 Å². The van der Waals surface area contributed by atoms with Crippen LogP contribution in [0.4, 0.5) is 0 Å². The maximum atomic E-state index is 14.6. The second-order valence-corrected chi connectivity index (χ2v) is 15.2. The summed E-state index contributed by atoms with van der Waals surface area (Å²) in [4.78, 5) is 41.1. The van der Waals surface area contributed by atoms with Crippen molar-refractivity contribution in [2.75, 3.05) is 7.11 Å². The quantitative estimate of drug-likeness (QED) is 0.246. The summed E-state index contributed by atoms with van der Waals surface area (Å²) >= 11 is 0.